The molecule has 0 atom stereocenters. The summed E-state index contributed by atoms with van der Waals surface area (Å²) in [5.41, 5.74) is 2.05. The number of aryl methyl sites for hydroxylation is 1. The van der Waals surface area contributed by atoms with Crippen LogP contribution in [0.1, 0.15) is 32.6 Å². The Labute approximate surface area is 167 Å². The largest absolute Gasteiger partial charge is 0.393 e. The Kier molecular flexibility index (Phi) is 5.26. The summed E-state index contributed by atoms with van der Waals surface area (Å²) < 4.78 is 2.00. The molecule has 3 aromatic rings. The summed E-state index contributed by atoms with van der Waals surface area (Å²) in [5, 5.41) is 27.2. The van der Waals surface area contributed by atoms with Crippen molar-refractivity contribution in [3.8, 4) is 0 Å². The van der Waals surface area contributed by atoms with Crippen molar-refractivity contribution in [2.45, 2.75) is 51.3 Å². The number of non-ortho nitro benzene ring substituents is 1. The number of fused-ring (bicyclic) bond motifs is 1. The van der Waals surface area contributed by atoms with E-state index in [1.54, 1.807) is 12.1 Å². The highest BCUT2D eigenvalue weighted by Gasteiger charge is 2.22. The fourth-order valence-electron chi connectivity index (χ4n) is 3.64. The molecule has 0 radical (unpaired) electrons. The summed E-state index contributed by atoms with van der Waals surface area (Å²) in [5.74, 6) is 1.27. The second-order valence-corrected chi connectivity index (χ2v) is 7.15. The molecule has 0 amide bonds. The van der Waals surface area contributed by atoms with Gasteiger partial charge in [-0.1, -0.05) is 0 Å². The van der Waals surface area contributed by atoms with Crippen molar-refractivity contribution >= 4 is 34.3 Å². The predicted octanol–water partition coefficient (Wildman–Crippen LogP) is 3.21. The number of hydrogen-bond donors (Lipinski definition) is 3. The molecule has 0 saturated heterocycles. The maximum Gasteiger partial charge on any atom is 0.269 e. The fourth-order valence-corrected chi connectivity index (χ4v) is 3.64. The number of rotatable bonds is 6. The van der Waals surface area contributed by atoms with Gasteiger partial charge in [-0.15, -0.1) is 0 Å². The molecule has 2 aromatic heterocycles. The summed E-state index contributed by atoms with van der Waals surface area (Å²) in [7, 11) is 0. The fraction of sp³-hybridized carbons (Fsp3) is 0.421. The van der Waals surface area contributed by atoms with Crippen LogP contribution >= 0.6 is 0 Å². The summed E-state index contributed by atoms with van der Waals surface area (Å²) >= 11 is 0. The second kappa shape index (κ2) is 8.00. The molecule has 3 N–H and O–H groups in total. The molecule has 10 heteroatoms. The molecular formula is C19H23N7O3. The van der Waals surface area contributed by atoms with E-state index in [0.717, 1.165) is 31.6 Å². The van der Waals surface area contributed by atoms with Gasteiger partial charge >= 0.3 is 0 Å². The molecule has 0 unspecified atom stereocenters. The van der Waals surface area contributed by atoms with Crippen molar-refractivity contribution in [2.24, 2.45) is 0 Å². The number of nitrogens with zero attached hydrogens (tertiary/aromatic N) is 5. The molecule has 2 heterocycles. The van der Waals surface area contributed by atoms with Gasteiger partial charge in [0.15, 0.2) is 17.0 Å². The number of anilines is 3. The first-order valence-corrected chi connectivity index (χ1v) is 9.72. The highest BCUT2D eigenvalue weighted by atomic mass is 16.6. The Bertz CT molecular complexity index is 1010. The van der Waals surface area contributed by atoms with E-state index in [4.69, 9.17) is 4.98 Å². The number of benzene rings is 1. The zero-order valence-corrected chi connectivity index (χ0v) is 16.1. The van der Waals surface area contributed by atoms with Crippen molar-refractivity contribution in [1.82, 2.24) is 19.5 Å². The lowest BCUT2D eigenvalue weighted by Crippen LogP contribution is -2.29. The summed E-state index contributed by atoms with van der Waals surface area (Å²) in [6, 6.07) is 6.41. The highest BCUT2D eigenvalue weighted by molar-refractivity contribution is 5.87. The van der Waals surface area contributed by atoms with E-state index in [9.17, 15) is 15.2 Å². The lowest BCUT2D eigenvalue weighted by molar-refractivity contribution is -0.384. The van der Waals surface area contributed by atoms with E-state index in [1.165, 1.54) is 18.5 Å². The quantitative estimate of drug-likeness (QED) is 0.427. The van der Waals surface area contributed by atoms with E-state index in [0.29, 0.717) is 29.2 Å². The van der Waals surface area contributed by atoms with E-state index < -0.39 is 4.92 Å². The van der Waals surface area contributed by atoms with Gasteiger partial charge in [-0.25, -0.2) is 15.0 Å². The number of aromatic nitrogens is 4. The normalized spacial score (nSPS) is 19.2. The molecule has 1 saturated carbocycles. The van der Waals surface area contributed by atoms with Gasteiger partial charge in [0.25, 0.3) is 5.69 Å². The maximum atomic E-state index is 10.8. The Hall–Kier alpha value is -3.27. The first-order valence-electron chi connectivity index (χ1n) is 9.72. The van der Waals surface area contributed by atoms with Crippen molar-refractivity contribution in [2.75, 3.05) is 10.6 Å². The van der Waals surface area contributed by atoms with Crippen LogP contribution in [0.4, 0.5) is 23.1 Å². The molecule has 0 aliphatic heterocycles. The maximum absolute atomic E-state index is 10.8. The van der Waals surface area contributed by atoms with Crippen LogP contribution in [0, 0.1) is 10.1 Å². The number of aliphatic hydroxyl groups is 1. The average Bonchev–Trinajstić information content (AvgIpc) is 3.08. The average molecular weight is 397 g/mol. The van der Waals surface area contributed by atoms with Gasteiger partial charge in [-0.2, -0.15) is 0 Å². The molecule has 152 valence electrons. The molecule has 1 aliphatic rings. The minimum absolute atomic E-state index is 0.0303. The predicted molar refractivity (Wildman–Crippen MR) is 109 cm³/mol. The zero-order valence-electron chi connectivity index (χ0n) is 16.1. The van der Waals surface area contributed by atoms with Gasteiger partial charge in [-0.05, 0) is 44.7 Å². The van der Waals surface area contributed by atoms with Gasteiger partial charge < -0.3 is 15.7 Å². The summed E-state index contributed by atoms with van der Waals surface area (Å²) in [6.45, 7) is 2.73. The third-order valence-electron chi connectivity index (χ3n) is 5.22. The van der Waals surface area contributed by atoms with E-state index in [-0.39, 0.29) is 17.8 Å². The van der Waals surface area contributed by atoms with E-state index in [2.05, 4.69) is 20.6 Å². The minimum atomic E-state index is -0.433. The lowest BCUT2D eigenvalue weighted by atomic mass is 9.93. The van der Waals surface area contributed by atoms with Crippen LogP contribution in [-0.4, -0.2) is 41.7 Å². The smallest absolute Gasteiger partial charge is 0.269 e. The number of nitrogens with one attached hydrogen (secondary N) is 2. The van der Waals surface area contributed by atoms with Crippen LogP contribution in [-0.2, 0) is 6.54 Å². The third kappa shape index (κ3) is 3.97. The van der Waals surface area contributed by atoms with Crippen molar-refractivity contribution in [3.63, 3.8) is 0 Å². The molecule has 0 bridgehead atoms. The standard InChI is InChI=1S/C19H23N7O3/c1-2-25-18-16(24-19(25)23-13-5-9-15(27)10-6-13)17(20-11-21-18)22-12-3-7-14(8-4-12)26(28)29/h3-4,7-8,11,13,15,27H,2,5-6,9-10H2,1H3,(H,23,24)(H,20,21,22). The first kappa shape index (κ1) is 19.1. The number of aliphatic hydroxyl groups excluding tert-OH is 1. The molecule has 29 heavy (non-hydrogen) atoms. The molecular weight excluding hydrogens is 374 g/mol. The lowest BCUT2D eigenvalue weighted by Gasteiger charge is -2.26. The number of hydrogen-bond acceptors (Lipinski definition) is 8. The number of imidazole rings is 1. The van der Waals surface area contributed by atoms with Crippen LogP contribution in [0.3, 0.4) is 0 Å². The topological polar surface area (TPSA) is 131 Å². The second-order valence-electron chi connectivity index (χ2n) is 7.15. The van der Waals surface area contributed by atoms with Gasteiger partial charge in [0.2, 0.25) is 5.95 Å². The molecule has 1 aliphatic carbocycles. The number of nitro groups is 1. The van der Waals surface area contributed by atoms with Gasteiger partial charge in [-0.3, -0.25) is 14.7 Å². The molecule has 1 aromatic carbocycles. The molecule has 10 nitrogen and oxygen atoms in total. The molecule has 4 rings (SSSR count). The first-order chi connectivity index (χ1) is 14.0. The van der Waals surface area contributed by atoms with Crippen LogP contribution in [0.2, 0.25) is 0 Å². The van der Waals surface area contributed by atoms with Crippen LogP contribution in [0.25, 0.3) is 11.2 Å². The minimum Gasteiger partial charge on any atom is -0.393 e. The van der Waals surface area contributed by atoms with Gasteiger partial charge in [0.05, 0.1) is 11.0 Å². The van der Waals surface area contributed by atoms with Crippen molar-refractivity contribution < 1.29 is 10.0 Å². The zero-order chi connectivity index (χ0) is 20.4. The van der Waals surface area contributed by atoms with E-state index >= 15 is 0 Å². The Morgan fingerprint density at radius 2 is 1.93 bits per heavy atom. The van der Waals surface area contributed by atoms with Gasteiger partial charge in [0, 0.05) is 30.4 Å². The van der Waals surface area contributed by atoms with Gasteiger partial charge in [0.1, 0.15) is 6.33 Å². The molecule has 0 spiro atoms. The van der Waals surface area contributed by atoms with Crippen LogP contribution in [0.5, 0.6) is 0 Å². The third-order valence-corrected chi connectivity index (χ3v) is 5.22. The Morgan fingerprint density at radius 3 is 2.59 bits per heavy atom. The van der Waals surface area contributed by atoms with Crippen LogP contribution < -0.4 is 10.6 Å². The Balaban J connectivity index is 1.62. The summed E-state index contributed by atoms with van der Waals surface area (Å²) in [4.78, 5) is 23.8. The monoisotopic (exact) mass is 397 g/mol. The summed E-state index contributed by atoms with van der Waals surface area (Å²) in [6.07, 6.45) is 4.64. The molecule has 1 fully saturated rings. The number of nitro benzene ring substituents is 1. The van der Waals surface area contributed by atoms with E-state index in [1.807, 2.05) is 11.5 Å². The highest BCUT2D eigenvalue weighted by Crippen LogP contribution is 2.28. The van der Waals surface area contributed by atoms with Crippen molar-refractivity contribution in [1.29, 1.82) is 0 Å². The SMILES string of the molecule is CCn1c(NC2CCC(O)CC2)nc2c(Nc3ccc([N+](=O)[O-])cc3)ncnc21. The van der Waals surface area contributed by atoms with Crippen LogP contribution in [0.15, 0.2) is 30.6 Å². The Morgan fingerprint density at radius 1 is 1.21 bits per heavy atom. The van der Waals surface area contributed by atoms with Crippen molar-refractivity contribution in [3.05, 3.63) is 40.7 Å².